The molecule has 0 aliphatic carbocycles. The van der Waals surface area contributed by atoms with Gasteiger partial charge in [0.1, 0.15) is 5.82 Å². The predicted molar refractivity (Wildman–Crippen MR) is 110 cm³/mol. The van der Waals surface area contributed by atoms with Crippen molar-refractivity contribution in [1.29, 1.82) is 0 Å². The maximum atomic E-state index is 4.63. The number of fused-ring (bicyclic) bond motifs is 1. The van der Waals surface area contributed by atoms with Gasteiger partial charge in [-0.2, -0.15) is 30.3 Å². The van der Waals surface area contributed by atoms with Crippen LogP contribution in [0.15, 0.2) is 97.2 Å². The molecule has 3 aromatic carbocycles. The number of hydrogen-bond acceptors (Lipinski definition) is 3. The van der Waals surface area contributed by atoms with Gasteiger partial charge in [0.05, 0.1) is 5.69 Å². The minimum Gasteiger partial charge on any atom is -0.478 e. The molecule has 0 unspecified atom stereocenters. The first kappa shape index (κ1) is 18.4. The zero-order valence-corrected chi connectivity index (χ0v) is 17.4. The molecule has 0 saturated carbocycles. The van der Waals surface area contributed by atoms with Gasteiger partial charge in [-0.3, -0.25) is 0 Å². The molecule has 1 aromatic heterocycles. The molecule has 139 valence electrons. The van der Waals surface area contributed by atoms with E-state index in [4.69, 9.17) is 0 Å². The Morgan fingerprint density at radius 2 is 1.46 bits per heavy atom. The molecule has 0 saturated heterocycles. The summed E-state index contributed by atoms with van der Waals surface area (Å²) in [6.45, 7) is 2.09. The van der Waals surface area contributed by atoms with Crippen LogP contribution in [0.2, 0.25) is 0 Å². The Kier molecular flexibility index (Phi) is 5.25. The van der Waals surface area contributed by atoms with E-state index in [0.29, 0.717) is 0 Å². The average molecular weight is 540 g/mol. The number of para-hydroxylation sites is 2. The third-order valence-electron chi connectivity index (χ3n) is 4.69. The summed E-state index contributed by atoms with van der Waals surface area (Å²) in [5, 5.41) is 0. The minimum atomic E-state index is 0. The van der Waals surface area contributed by atoms with Gasteiger partial charge in [-0.25, -0.2) is 4.98 Å². The van der Waals surface area contributed by atoms with Crippen molar-refractivity contribution in [2.75, 3.05) is 9.80 Å². The molecule has 28 heavy (non-hydrogen) atoms. The first-order valence-electron chi connectivity index (χ1n) is 8.91. The van der Waals surface area contributed by atoms with Gasteiger partial charge >= 0.3 is 0 Å². The summed E-state index contributed by atoms with van der Waals surface area (Å²) in [6.07, 6.45) is 1.83. The molecular weight excluding hydrogens is 523 g/mol. The second kappa shape index (κ2) is 7.97. The largest absolute Gasteiger partial charge is 0.478 e. The van der Waals surface area contributed by atoms with Crippen LogP contribution in [-0.2, 0) is 20.1 Å². The molecule has 0 atom stereocenters. The van der Waals surface area contributed by atoms with Crippen molar-refractivity contribution in [2.24, 2.45) is 0 Å². The standard InChI is InChI=1S/C24H17N3.Ir/c1-3-10-19(11-4-1)21-14-7-8-15-22(21)27-18-26(20-12-5-2-6-13-20)24-23(27)16-9-17-25-24;/h1-12,14-18H;/q-2;. The van der Waals surface area contributed by atoms with Gasteiger partial charge in [-0.15, -0.1) is 12.4 Å². The molecule has 3 nitrogen and oxygen atoms in total. The van der Waals surface area contributed by atoms with E-state index in [9.17, 15) is 0 Å². The van der Waals surface area contributed by atoms with Gasteiger partial charge in [0.25, 0.3) is 0 Å². The fourth-order valence-corrected chi connectivity index (χ4v) is 3.44. The zero-order chi connectivity index (χ0) is 18.1. The van der Waals surface area contributed by atoms with E-state index in [1.54, 1.807) is 0 Å². The Morgan fingerprint density at radius 3 is 2.29 bits per heavy atom. The molecule has 5 rings (SSSR count). The number of anilines is 4. The number of rotatable bonds is 3. The first-order chi connectivity index (χ1) is 13.4. The van der Waals surface area contributed by atoms with E-state index in [1.165, 1.54) is 11.1 Å². The number of benzene rings is 3. The van der Waals surface area contributed by atoms with Crippen LogP contribution in [-0.4, -0.2) is 4.98 Å². The Bertz CT molecular complexity index is 1070. The molecule has 2 heterocycles. The number of hydrogen-bond donors (Lipinski definition) is 0. The first-order valence-corrected chi connectivity index (χ1v) is 8.91. The number of aromatic nitrogens is 1. The van der Waals surface area contributed by atoms with Gasteiger partial charge in [0.15, 0.2) is 0 Å². The Labute approximate surface area is 178 Å². The van der Waals surface area contributed by atoms with Crippen LogP contribution in [0.3, 0.4) is 0 Å². The Hall–Kier alpha value is -2.94. The molecule has 0 N–H and O–H groups in total. The van der Waals surface area contributed by atoms with Crippen LogP contribution < -0.4 is 9.80 Å². The van der Waals surface area contributed by atoms with Crippen LogP contribution in [0.25, 0.3) is 11.1 Å². The summed E-state index contributed by atoms with van der Waals surface area (Å²) in [5.41, 5.74) is 5.52. The smallest absolute Gasteiger partial charge is 0.124 e. The third kappa shape index (κ3) is 3.22. The molecule has 0 amide bonds. The van der Waals surface area contributed by atoms with Crippen molar-refractivity contribution in [3.63, 3.8) is 0 Å². The van der Waals surface area contributed by atoms with Crippen LogP contribution in [0, 0.1) is 12.7 Å². The topological polar surface area (TPSA) is 19.4 Å². The van der Waals surface area contributed by atoms with E-state index < -0.39 is 0 Å². The van der Waals surface area contributed by atoms with Gasteiger partial charge in [0, 0.05) is 37.6 Å². The summed E-state index contributed by atoms with van der Waals surface area (Å²) in [7, 11) is 0. The molecular formula is C24H17IrN3-2. The molecule has 1 aliphatic rings. The Balaban J connectivity index is 0.00000192. The fraction of sp³-hybridized carbons (Fsp3) is 0. The third-order valence-corrected chi connectivity index (χ3v) is 4.69. The second-order valence-electron chi connectivity index (χ2n) is 6.33. The van der Waals surface area contributed by atoms with E-state index in [-0.39, 0.29) is 20.1 Å². The second-order valence-corrected chi connectivity index (χ2v) is 6.33. The van der Waals surface area contributed by atoms with Gasteiger partial charge < -0.3 is 9.80 Å². The van der Waals surface area contributed by atoms with Gasteiger partial charge in [-0.05, 0) is 23.8 Å². The number of pyridine rings is 1. The Morgan fingerprint density at radius 1 is 0.714 bits per heavy atom. The summed E-state index contributed by atoms with van der Waals surface area (Å²) in [4.78, 5) is 8.91. The van der Waals surface area contributed by atoms with Crippen LogP contribution in [0.5, 0.6) is 0 Å². The van der Waals surface area contributed by atoms with Gasteiger partial charge in [-0.1, -0.05) is 48.5 Å². The van der Waals surface area contributed by atoms with Crippen molar-refractivity contribution in [3.05, 3.63) is 110 Å². The van der Waals surface area contributed by atoms with Crippen molar-refractivity contribution in [3.8, 4) is 11.1 Å². The van der Waals surface area contributed by atoms with E-state index in [1.807, 2.05) is 42.6 Å². The molecule has 1 radical (unpaired) electrons. The zero-order valence-electron chi connectivity index (χ0n) is 15.0. The molecule has 4 aromatic rings. The monoisotopic (exact) mass is 540 g/mol. The summed E-state index contributed by atoms with van der Waals surface area (Å²) in [6, 6.07) is 34.2. The summed E-state index contributed by atoms with van der Waals surface area (Å²) in [5.74, 6) is 0.905. The van der Waals surface area contributed by atoms with E-state index in [0.717, 1.165) is 22.9 Å². The van der Waals surface area contributed by atoms with E-state index >= 15 is 0 Å². The van der Waals surface area contributed by atoms with Crippen molar-refractivity contribution < 1.29 is 20.1 Å². The van der Waals surface area contributed by atoms with Crippen LogP contribution >= 0.6 is 0 Å². The van der Waals surface area contributed by atoms with E-state index in [2.05, 4.69) is 82.1 Å². The average Bonchev–Trinajstić information content (AvgIpc) is 3.15. The van der Waals surface area contributed by atoms with Crippen molar-refractivity contribution in [1.82, 2.24) is 4.98 Å². The molecule has 0 bridgehead atoms. The number of nitrogens with zero attached hydrogens (tertiary/aromatic N) is 3. The summed E-state index contributed by atoms with van der Waals surface area (Å²) >= 11 is 0. The van der Waals surface area contributed by atoms with Crippen molar-refractivity contribution >= 4 is 22.9 Å². The molecule has 0 spiro atoms. The fourth-order valence-electron chi connectivity index (χ4n) is 3.44. The maximum absolute atomic E-state index is 4.63. The normalized spacial score (nSPS) is 12.4. The molecule has 0 fully saturated rings. The quantitative estimate of drug-likeness (QED) is 0.300. The minimum absolute atomic E-state index is 0. The van der Waals surface area contributed by atoms with Crippen molar-refractivity contribution in [2.45, 2.75) is 0 Å². The SMILES string of the molecule is [Ir].[c-]1ccccc1N1[CH-]N(c2ccccc2-c2ccccc2)c2cccnc21. The predicted octanol–water partition coefficient (Wildman–Crippen LogP) is 5.96. The van der Waals surface area contributed by atoms with Crippen LogP contribution in [0.1, 0.15) is 0 Å². The van der Waals surface area contributed by atoms with Crippen LogP contribution in [0.4, 0.5) is 22.9 Å². The summed E-state index contributed by atoms with van der Waals surface area (Å²) < 4.78 is 0. The molecule has 1 aliphatic heterocycles. The maximum Gasteiger partial charge on any atom is 0.124 e. The van der Waals surface area contributed by atoms with Gasteiger partial charge in [0.2, 0.25) is 0 Å². The molecule has 4 heteroatoms.